The van der Waals surface area contributed by atoms with Crippen molar-refractivity contribution in [2.45, 2.75) is 26.4 Å². The monoisotopic (exact) mass is 246 g/mol. The van der Waals surface area contributed by atoms with Crippen LogP contribution in [0.3, 0.4) is 0 Å². The van der Waals surface area contributed by atoms with Crippen molar-refractivity contribution in [2.75, 3.05) is 0 Å². The minimum Gasteiger partial charge on any atom is -0.290 e. The molecule has 1 aromatic carbocycles. The Labute approximate surface area is 105 Å². The Morgan fingerprint density at radius 2 is 1.83 bits per heavy atom. The average molecular weight is 246 g/mol. The Bertz CT molecular complexity index is 576. The maximum atomic E-state index is 11.7. The van der Waals surface area contributed by atoms with Crippen LogP contribution in [0.2, 0.25) is 0 Å². The van der Waals surface area contributed by atoms with Gasteiger partial charge in [0.2, 0.25) is 0 Å². The summed E-state index contributed by atoms with van der Waals surface area (Å²) < 4.78 is 0. The lowest BCUT2D eigenvalue weighted by Gasteiger charge is -2.16. The van der Waals surface area contributed by atoms with E-state index in [1.807, 2.05) is 18.2 Å². The minimum absolute atomic E-state index is 0.123. The number of nitrogens with zero attached hydrogens (tertiary/aromatic N) is 2. The molecule has 2 rings (SSSR count). The molecule has 0 aliphatic rings. The Morgan fingerprint density at radius 1 is 1.17 bits per heavy atom. The van der Waals surface area contributed by atoms with Crippen molar-refractivity contribution >= 4 is 17.0 Å². The van der Waals surface area contributed by atoms with E-state index in [4.69, 9.17) is 9.78 Å². The lowest BCUT2D eigenvalue weighted by Crippen LogP contribution is -2.22. The summed E-state index contributed by atoms with van der Waals surface area (Å²) >= 11 is 0. The molecule has 0 spiro atoms. The standard InChI is InChI=1S/C13H14N2O3/c1-13(2,3)18-17-12(16)11-8-14-9-6-4-5-7-10(9)15-11/h4-8H,1-3H3. The first-order chi connectivity index (χ1) is 8.46. The second kappa shape index (κ2) is 4.70. The van der Waals surface area contributed by atoms with Crippen molar-refractivity contribution in [3.05, 3.63) is 36.2 Å². The molecule has 0 saturated heterocycles. The smallest absolute Gasteiger partial charge is 0.290 e. The van der Waals surface area contributed by atoms with Crippen LogP contribution < -0.4 is 0 Å². The van der Waals surface area contributed by atoms with E-state index in [2.05, 4.69) is 9.97 Å². The highest BCUT2D eigenvalue weighted by molar-refractivity contribution is 5.89. The molecule has 1 aromatic heterocycles. The molecule has 0 amide bonds. The van der Waals surface area contributed by atoms with E-state index in [0.717, 1.165) is 5.52 Å². The predicted molar refractivity (Wildman–Crippen MR) is 65.8 cm³/mol. The van der Waals surface area contributed by atoms with E-state index in [1.165, 1.54) is 6.20 Å². The van der Waals surface area contributed by atoms with Crippen LogP contribution in [0.1, 0.15) is 31.3 Å². The summed E-state index contributed by atoms with van der Waals surface area (Å²) in [4.78, 5) is 29.6. The highest BCUT2D eigenvalue weighted by Gasteiger charge is 2.18. The number of fused-ring (bicyclic) bond motifs is 1. The Kier molecular flexibility index (Phi) is 3.25. The lowest BCUT2D eigenvalue weighted by atomic mass is 10.2. The van der Waals surface area contributed by atoms with Gasteiger partial charge >= 0.3 is 5.97 Å². The van der Waals surface area contributed by atoms with Crippen molar-refractivity contribution in [1.29, 1.82) is 0 Å². The van der Waals surface area contributed by atoms with E-state index >= 15 is 0 Å². The highest BCUT2D eigenvalue weighted by atomic mass is 17.2. The van der Waals surface area contributed by atoms with Crippen LogP contribution in [0.4, 0.5) is 0 Å². The largest absolute Gasteiger partial charge is 0.392 e. The third-order valence-electron chi connectivity index (χ3n) is 2.03. The van der Waals surface area contributed by atoms with Crippen LogP contribution in [0.5, 0.6) is 0 Å². The molecule has 5 heteroatoms. The number of rotatable bonds is 2. The van der Waals surface area contributed by atoms with Gasteiger partial charge < -0.3 is 0 Å². The molecule has 94 valence electrons. The Morgan fingerprint density at radius 3 is 2.50 bits per heavy atom. The van der Waals surface area contributed by atoms with Crippen molar-refractivity contribution < 1.29 is 14.6 Å². The normalized spacial score (nSPS) is 11.5. The maximum Gasteiger partial charge on any atom is 0.392 e. The van der Waals surface area contributed by atoms with Gasteiger partial charge in [-0.3, -0.25) is 9.87 Å². The van der Waals surface area contributed by atoms with Gasteiger partial charge in [-0.1, -0.05) is 12.1 Å². The zero-order valence-corrected chi connectivity index (χ0v) is 10.5. The van der Waals surface area contributed by atoms with E-state index in [-0.39, 0.29) is 5.69 Å². The molecule has 1 heterocycles. The number of para-hydroxylation sites is 2. The first kappa shape index (κ1) is 12.4. The van der Waals surface area contributed by atoms with Gasteiger partial charge in [0.15, 0.2) is 5.69 Å². The van der Waals surface area contributed by atoms with E-state index in [1.54, 1.807) is 26.8 Å². The summed E-state index contributed by atoms with van der Waals surface area (Å²) in [6.45, 7) is 5.35. The second-order valence-corrected chi connectivity index (χ2v) is 4.81. The van der Waals surface area contributed by atoms with E-state index in [0.29, 0.717) is 5.52 Å². The first-order valence-corrected chi connectivity index (χ1v) is 5.57. The zero-order valence-electron chi connectivity index (χ0n) is 10.5. The first-order valence-electron chi connectivity index (χ1n) is 5.57. The molecular weight excluding hydrogens is 232 g/mol. The molecule has 0 bridgehead atoms. The van der Waals surface area contributed by atoms with Gasteiger partial charge in [-0.15, -0.1) is 0 Å². The quantitative estimate of drug-likeness (QED) is 0.602. The Hall–Kier alpha value is -2.01. The van der Waals surface area contributed by atoms with Crippen molar-refractivity contribution in [1.82, 2.24) is 9.97 Å². The second-order valence-electron chi connectivity index (χ2n) is 4.81. The molecule has 5 nitrogen and oxygen atoms in total. The molecule has 0 atom stereocenters. The molecule has 0 aliphatic carbocycles. The van der Waals surface area contributed by atoms with Crippen LogP contribution in [0, 0.1) is 0 Å². The van der Waals surface area contributed by atoms with Gasteiger partial charge in [0, 0.05) is 0 Å². The van der Waals surface area contributed by atoms with E-state index < -0.39 is 11.6 Å². The fraction of sp³-hybridized carbons (Fsp3) is 0.308. The molecule has 0 saturated carbocycles. The topological polar surface area (TPSA) is 61.3 Å². The number of hydrogen-bond acceptors (Lipinski definition) is 5. The molecule has 0 aliphatic heterocycles. The fourth-order valence-corrected chi connectivity index (χ4v) is 1.26. The molecule has 0 N–H and O–H groups in total. The summed E-state index contributed by atoms with van der Waals surface area (Å²) in [6.07, 6.45) is 1.37. The molecule has 18 heavy (non-hydrogen) atoms. The van der Waals surface area contributed by atoms with Gasteiger partial charge in [0.05, 0.1) is 17.2 Å². The minimum atomic E-state index is -0.650. The summed E-state index contributed by atoms with van der Waals surface area (Å²) in [6, 6.07) is 7.29. The van der Waals surface area contributed by atoms with Crippen molar-refractivity contribution in [2.24, 2.45) is 0 Å². The van der Waals surface area contributed by atoms with Gasteiger partial charge in [-0.05, 0) is 32.9 Å². The third-order valence-corrected chi connectivity index (χ3v) is 2.03. The molecule has 2 aromatic rings. The van der Waals surface area contributed by atoms with E-state index in [9.17, 15) is 4.79 Å². The SMILES string of the molecule is CC(C)(C)OOC(=O)c1cnc2ccccc2n1. The third kappa shape index (κ3) is 3.01. The summed E-state index contributed by atoms with van der Waals surface area (Å²) in [5.41, 5.74) is 0.936. The maximum absolute atomic E-state index is 11.7. The van der Waals surface area contributed by atoms with Crippen LogP contribution in [-0.4, -0.2) is 21.5 Å². The number of aromatic nitrogens is 2. The molecular formula is C13H14N2O3. The highest BCUT2D eigenvalue weighted by Crippen LogP contribution is 2.11. The number of hydrogen-bond donors (Lipinski definition) is 0. The Balaban J connectivity index is 2.18. The van der Waals surface area contributed by atoms with Crippen molar-refractivity contribution in [3.8, 4) is 0 Å². The van der Waals surface area contributed by atoms with Gasteiger partial charge in [0.25, 0.3) is 0 Å². The van der Waals surface area contributed by atoms with Gasteiger partial charge in [0.1, 0.15) is 5.60 Å². The predicted octanol–water partition coefficient (Wildman–Crippen LogP) is 2.52. The fourth-order valence-electron chi connectivity index (χ4n) is 1.26. The van der Waals surface area contributed by atoms with Gasteiger partial charge in [-0.25, -0.2) is 9.78 Å². The summed E-state index contributed by atoms with van der Waals surface area (Å²) in [5.74, 6) is -0.650. The lowest BCUT2D eigenvalue weighted by molar-refractivity contribution is -0.301. The summed E-state index contributed by atoms with van der Waals surface area (Å²) in [7, 11) is 0. The van der Waals surface area contributed by atoms with Crippen LogP contribution >= 0.6 is 0 Å². The summed E-state index contributed by atoms with van der Waals surface area (Å²) in [5, 5.41) is 0. The van der Waals surface area contributed by atoms with Crippen LogP contribution in [-0.2, 0) is 9.78 Å². The number of carbonyl (C=O) groups excluding carboxylic acids is 1. The average Bonchev–Trinajstić information content (AvgIpc) is 2.34. The molecule has 0 radical (unpaired) electrons. The zero-order chi connectivity index (χ0) is 13.2. The van der Waals surface area contributed by atoms with Crippen LogP contribution in [0.25, 0.3) is 11.0 Å². The molecule has 0 unspecified atom stereocenters. The van der Waals surface area contributed by atoms with Crippen LogP contribution in [0.15, 0.2) is 30.5 Å². The van der Waals surface area contributed by atoms with Crippen molar-refractivity contribution in [3.63, 3.8) is 0 Å². The number of benzene rings is 1. The van der Waals surface area contributed by atoms with Gasteiger partial charge in [-0.2, -0.15) is 4.89 Å². The molecule has 0 fully saturated rings. The number of carbonyl (C=O) groups is 1.